The van der Waals surface area contributed by atoms with Crippen LogP contribution in [0.5, 0.6) is 0 Å². The lowest BCUT2D eigenvalue weighted by molar-refractivity contribution is -0.291. The Morgan fingerprint density at radius 2 is 0.924 bits per heavy atom. The van der Waals surface area contributed by atoms with Crippen LogP contribution in [0.4, 0.5) is 29.7 Å². The van der Waals surface area contributed by atoms with Crippen LogP contribution in [0.15, 0.2) is 102 Å². The number of anilines is 1. The third-order valence-corrected chi connectivity index (χ3v) is 17.4. The molecule has 105 heavy (non-hydrogen) atoms. The van der Waals surface area contributed by atoms with Crippen molar-refractivity contribution in [2.24, 2.45) is 4.99 Å². The normalized spacial score (nSPS) is 18.6. The molecule has 4 N–H and O–H groups in total. The second-order valence-corrected chi connectivity index (χ2v) is 33.1. The maximum absolute atomic E-state index is 14.4. The Morgan fingerprint density at radius 1 is 0.543 bits per heavy atom. The van der Waals surface area contributed by atoms with E-state index < -0.39 is 52.3 Å². The van der Waals surface area contributed by atoms with Crippen LogP contribution in [0.25, 0.3) is 56.9 Å². The lowest BCUT2D eigenvalue weighted by atomic mass is 9.86. The number of fused-ring (bicyclic) bond motifs is 6. The summed E-state index contributed by atoms with van der Waals surface area (Å²) in [6, 6.07) is 25.1. The molecular formula is C85H108F2N6O12. The Kier molecular flexibility index (Phi) is 24.9. The SMILES string of the molecule is CC(C)c1nc2c(c(-c3ccc(F)cc3)c1/C=C/[C@@H]1C[C@H](CC(=O)OC(C)(C)C)OC(C)(C)O1)CCCc1cc(N)ccc1-2.CC(C)c1nc2c(c(-c3ccc(F)cc3)c1/C=C/[C@@H]1C[C@H](CC(=O)OC(C)(C)C)OC(C)(C)O1)CCCc1cc(N=C(NC(=O)OC(C)(C)C)NC(=O)OC(C)(C)C)ccc1-2. The number of hydrogen-bond donors (Lipinski definition) is 3. The summed E-state index contributed by atoms with van der Waals surface area (Å²) in [6.45, 7) is 37.4. The van der Waals surface area contributed by atoms with Gasteiger partial charge in [0.15, 0.2) is 11.6 Å². The maximum Gasteiger partial charge on any atom is 0.414 e. The molecule has 2 amide bonds. The van der Waals surface area contributed by atoms with E-state index in [2.05, 4.69) is 73.7 Å². The molecule has 4 atom stereocenters. The van der Waals surface area contributed by atoms with Gasteiger partial charge < -0.3 is 43.6 Å². The molecule has 10 rings (SSSR count). The van der Waals surface area contributed by atoms with E-state index in [1.165, 1.54) is 29.8 Å². The zero-order valence-corrected chi connectivity index (χ0v) is 65.0. The number of ether oxygens (including phenoxy) is 8. The molecule has 2 fully saturated rings. The number of aromatic nitrogens is 2. The second kappa shape index (κ2) is 32.6. The number of alkyl carbamates (subject to hydrolysis) is 2. The Balaban J connectivity index is 0.000000256. The molecule has 2 saturated heterocycles. The number of amides is 2. The van der Waals surface area contributed by atoms with Gasteiger partial charge in [-0.2, -0.15) is 0 Å². The van der Waals surface area contributed by atoms with Gasteiger partial charge in [0.2, 0.25) is 5.96 Å². The van der Waals surface area contributed by atoms with Gasteiger partial charge in [0, 0.05) is 40.8 Å². The number of nitrogens with zero attached hydrogens (tertiary/aromatic N) is 3. The first kappa shape index (κ1) is 80.4. The van der Waals surface area contributed by atoms with Crippen molar-refractivity contribution in [3.05, 3.63) is 153 Å². The number of carbonyl (C=O) groups is 4. The minimum absolute atomic E-state index is 0.00731. The van der Waals surface area contributed by atoms with Crippen molar-refractivity contribution in [2.45, 2.75) is 273 Å². The average molecular weight is 1440 g/mol. The zero-order valence-electron chi connectivity index (χ0n) is 65.0. The van der Waals surface area contributed by atoms with Crippen LogP contribution < -0.4 is 16.4 Å². The summed E-state index contributed by atoms with van der Waals surface area (Å²) < 4.78 is 75.6. The van der Waals surface area contributed by atoms with Gasteiger partial charge in [0.25, 0.3) is 0 Å². The molecule has 0 saturated carbocycles. The molecule has 4 aromatic carbocycles. The standard InChI is InChI=1S/C48H63FN4O8.C37H45FN2O4/c1-28(2)40-37(24-22-33-26-34(58-48(12,13)57-33)27-38(54)59-45(3,4)5)39(29-17-19-31(49)20-18-29)36-16-14-15-30-25-32(21-23-35(30)41(36)51-40)50-42(52-43(55)60-46(6,7)8)53-44(56)61-47(9,10)11;1-22(2)34-31(18-16-27-20-28(43-37(6,7)42-27)21-32(41)44-36(3,4)5)33(23-11-13-25(38)14-12-23)30-10-8-9-24-19-26(39)15-17-29(24)35(30)40-34/h17-25,28,33-34H,14-16,26-27H2,1-13H3,(H2,50,52,53,55,56);11-19,22,27-28H,8-10,20-21,39H2,1-7H3/b24-22+;18-16+/t33-,34-;27-,28-/m11/s1. The number of guanidine groups is 1. The molecule has 4 aliphatic rings. The van der Waals surface area contributed by atoms with Gasteiger partial charge in [-0.25, -0.2) is 23.4 Å². The molecule has 0 radical (unpaired) electrons. The number of hydrogen-bond acceptors (Lipinski definition) is 16. The van der Waals surface area contributed by atoms with Gasteiger partial charge >= 0.3 is 24.1 Å². The smallest absolute Gasteiger partial charge is 0.414 e. The summed E-state index contributed by atoms with van der Waals surface area (Å²) in [5, 5.41) is 5.11. The molecule has 0 unspecified atom stereocenters. The van der Waals surface area contributed by atoms with Crippen molar-refractivity contribution in [1.29, 1.82) is 0 Å². The van der Waals surface area contributed by atoms with Crippen LogP contribution in [0.1, 0.15) is 234 Å². The minimum Gasteiger partial charge on any atom is -0.460 e. The first-order chi connectivity index (χ1) is 48.9. The van der Waals surface area contributed by atoms with Crippen LogP contribution in [-0.2, 0) is 73.2 Å². The maximum atomic E-state index is 14.4. The predicted molar refractivity (Wildman–Crippen MR) is 408 cm³/mol. The lowest BCUT2D eigenvalue weighted by Crippen LogP contribution is -2.47. The molecule has 2 aromatic heterocycles. The minimum atomic E-state index is -0.947. The molecule has 18 nitrogen and oxygen atoms in total. The van der Waals surface area contributed by atoms with Crippen LogP contribution >= 0.6 is 0 Å². The van der Waals surface area contributed by atoms with E-state index in [9.17, 15) is 28.0 Å². The summed E-state index contributed by atoms with van der Waals surface area (Å²) in [4.78, 5) is 66.4. The van der Waals surface area contributed by atoms with Crippen molar-refractivity contribution in [3.8, 4) is 44.8 Å². The number of rotatable bonds is 13. The number of halogens is 2. The lowest BCUT2D eigenvalue weighted by Gasteiger charge is -2.40. The molecular weight excluding hydrogens is 1330 g/mol. The highest BCUT2D eigenvalue weighted by molar-refractivity contribution is 6.02. The van der Waals surface area contributed by atoms with Crippen molar-refractivity contribution in [3.63, 3.8) is 0 Å². The van der Waals surface area contributed by atoms with Gasteiger partial charge in [0.1, 0.15) is 34.0 Å². The largest absolute Gasteiger partial charge is 0.460 e. The van der Waals surface area contributed by atoms with E-state index in [0.717, 1.165) is 115 Å². The Labute approximate surface area is 619 Å². The van der Waals surface area contributed by atoms with E-state index in [1.807, 2.05) is 112 Å². The van der Waals surface area contributed by atoms with Crippen LogP contribution in [0.2, 0.25) is 0 Å². The first-order valence-corrected chi connectivity index (χ1v) is 36.7. The second-order valence-electron chi connectivity index (χ2n) is 33.1. The van der Waals surface area contributed by atoms with Crippen molar-refractivity contribution in [2.75, 3.05) is 5.73 Å². The Hall–Kier alpha value is -8.69. The summed E-state index contributed by atoms with van der Waals surface area (Å²) >= 11 is 0. The highest BCUT2D eigenvalue weighted by Crippen LogP contribution is 2.46. The van der Waals surface area contributed by atoms with E-state index in [4.69, 9.17) is 53.6 Å². The van der Waals surface area contributed by atoms with Crippen molar-refractivity contribution < 1.29 is 65.9 Å². The van der Waals surface area contributed by atoms with Crippen molar-refractivity contribution >= 4 is 53.6 Å². The molecule has 2 aliphatic carbocycles. The third kappa shape index (κ3) is 22.7. The number of benzene rings is 4. The number of aliphatic imine (C=N–C) groups is 1. The summed E-state index contributed by atoms with van der Waals surface area (Å²) in [5.74, 6) is -3.09. The molecule has 0 bridgehead atoms. The number of nitrogens with one attached hydrogen (secondary N) is 2. The number of esters is 2. The fourth-order valence-electron chi connectivity index (χ4n) is 13.8. The van der Waals surface area contributed by atoms with E-state index in [1.54, 1.807) is 53.7 Å². The molecule has 0 spiro atoms. The number of carbonyl (C=O) groups excluding carboxylic acids is 4. The van der Waals surface area contributed by atoms with Crippen LogP contribution in [0, 0.1) is 11.6 Å². The highest BCUT2D eigenvalue weighted by atomic mass is 19.1. The van der Waals surface area contributed by atoms with Gasteiger partial charge in [-0.3, -0.25) is 30.2 Å². The van der Waals surface area contributed by atoms with Crippen molar-refractivity contribution in [1.82, 2.24) is 20.6 Å². The van der Waals surface area contributed by atoms with E-state index in [-0.39, 0.29) is 72.5 Å². The fraction of sp³-hybridized carbons (Fsp3) is 0.494. The number of pyridine rings is 2. The quantitative estimate of drug-likeness (QED) is 0.0321. The highest BCUT2D eigenvalue weighted by Gasteiger charge is 2.39. The summed E-state index contributed by atoms with van der Waals surface area (Å²) in [6.07, 6.45) is 11.3. The summed E-state index contributed by atoms with van der Waals surface area (Å²) in [5.41, 5.74) is 20.4. The molecule has 564 valence electrons. The average Bonchev–Trinajstić information content (AvgIpc) is 1.50. The van der Waals surface area contributed by atoms with Gasteiger partial charge in [-0.05, 0) is 254 Å². The number of nitrogens with two attached hydrogens (primary N) is 1. The fourth-order valence-corrected chi connectivity index (χ4v) is 13.8. The Morgan fingerprint density at radius 3 is 1.30 bits per heavy atom. The molecule has 4 heterocycles. The third-order valence-electron chi connectivity index (χ3n) is 17.4. The molecule has 2 aliphatic heterocycles. The topological polar surface area (TPSA) is 230 Å². The van der Waals surface area contributed by atoms with E-state index in [0.29, 0.717) is 31.4 Å². The Bertz CT molecular complexity index is 4210. The van der Waals surface area contributed by atoms with Gasteiger partial charge in [0.05, 0.1) is 65.7 Å². The number of nitrogen functional groups attached to an aromatic ring is 1. The number of aryl methyl sites for hydroxylation is 2. The summed E-state index contributed by atoms with van der Waals surface area (Å²) in [7, 11) is 0. The van der Waals surface area contributed by atoms with Crippen LogP contribution in [0.3, 0.4) is 0 Å². The molecule has 6 aromatic rings. The van der Waals surface area contributed by atoms with Crippen LogP contribution in [-0.4, -0.2) is 98.4 Å². The van der Waals surface area contributed by atoms with E-state index >= 15 is 0 Å². The van der Waals surface area contributed by atoms with Gasteiger partial charge in [-0.15, -0.1) is 0 Å². The predicted octanol–water partition coefficient (Wildman–Crippen LogP) is 19.3. The van der Waals surface area contributed by atoms with Gasteiger partial charge in [-0.1, -0.05) is 88.4 Å². The molecule has 20 heteroatoms. The first-order valence-electron chi connectivity index (χ1n) is 36.7. The monoisotopic (exact) mass is 1440 g/mol. The zero-order chi connectivity index (χ0) is 76.9.